The summed E-state index contributed by atoms with van der Waals surface area (Å²) in [6, 6.07) is 7.58. The number of carbonyl (C=O) groups is 1. The van der Waals surface area contributed by atoms with E-state index in [1.807, 2.05) is 24.3 Å². The van der Waals surface area contributed by atoms with Gasteiger partial charge in [-0.1, -0.05) is 15.9 Å². The first-order chi connectivity index (χ1) is 8.08. The molecule has 1 heterocycles. The monoisotopic (exact) mass is 291 g/mol. The summed E-state index contributed by atoms with van der Waals surface area (Å²) in [5.41, 5.74) is 2.45. The molecule has 0 saturated heterocycles. The zero-order valence-electron chi connectivity index (χ0n) is 9.14. The number of carboxylic acid groups (broad SMARTS) is 1. The van der Waals surface area contributed by atoms with Crippen LogP contribution in [-0.4, -0.2) is 16.1 Å². The van der Waals surface area contributed by atoms with Gasteiger partial charge < -0.3 is 5.11 Å². The van der Waals surface area contributed by atoms with Gasteiger partial charge in [0.25, 0.3) is 0 Å². The molecule has 3 nitrogen and oxygen atoms in total. The minimum absolute atomic E-state index is 0.711. The Balaban J connectivity index is 2.69. The van der Waals surface area contributed by atoms with Crippen molar-refractivity contribution in [3.05, 3.63) is 46.6 Å². The Morgan fingerprint density at radius 1 is 1.41 bits per heavy atom. The molecule has 1 aromatic carbocycles. The van der Waals surface area contributed by atoms with E-state index < -0.39 is 5.97 Å². The number of fused-ring (bicyclic) bond motifs is 1. The van der Waals surface area contributed by atoms with Gasteiger partial charge in [-0.05, 0) is 42.3 Å². The van der Waals surface area contributed by atoms with Gasteiger partial charge >= 0.3 is 5.97 Å². The lowest BCUT2D eigenvalue weighted by Gasteiger charge is -2.06. The third-order valence-corrected chi connectivity index (χ3v) is 2.96. The molecule has 0 atom stereocenters. The Morgan fingerprint density at radius 3 is 2.88 bits per heavy atom. The summed E-state index contributed by atoms with van der Waals surface area (Å²) in [4.78, 5) is 14.9. The van der Waals surface area contributed by atoms with Gasteiger partial charge in [0.05, 0.1) is 5.52 Å². The molecule has 0 aliphatic carbocycles. The van der Waals surface area contributed by atoms with Crippen molar-refractivity contribution in [2.75, 3.05) is 0 Å². The van der Waals surface area contributed by atoms with E-state index in [4.69, 9.17) is 5.11 Å². The second-order valence-corrected chi connectivity index (χ2v) is 4.60. The van der Waals surface area contributed by atoms with Crippen molar-refractivity contribution in [1.82, 2.24) is 4.98 Å². The topological polar surface area (TPSA) is 50.2 Å². The lowest BCUT2D eigenvalue weighted by atomic mass is 10.0. The molecule has 4 heteroatoms. The van der Waals surface area contributed by atoms with Gasteiger partial charge in [-0.25, -0.2) is 4.79 Å². The number of nitrogens with zero attached hydrogens (tertiary/aromatic N) is 1. The fourth-order valence-electron chi connectivity index (χ4n) is 1.73. The van der Waals surface area contributed by atoms with Crippen LogP contribution in [0, 0.1) is 0 Å². The molecule has 0 saturated carbocycles. The predicted octanol–water partition coefficient (Wildman–Crippen LogP) is 3.49. The van der Waals surface area contributed by atoms with Crippen molar-refractivity contribution in [3.8, 4) is 0 Å². The average molecular weight is 292 g/mol. The molecule has 1 aromatic heterocycles. The summed E-state index contributed by atoms with van der Waals surface area (Å²) < 4.78 is 0.947. The SMILES string of the molecule is C/C(=C\C(=O)O)c1ccnc2ccc(Br)cc12. The van der Waals surface area contributed by atoms with E-state index in [1.54, 1.807) is 13.1 Å². The fraction of sp³-hybridized carbons (Fsp3) is 0.0769. The summed E-state index contributed by atoms with van der Waals surface area (Å²) in [7, 11) is 0. The van der Waals surface area contributed by atoms with Gasteiger partial charge in [0.1, 0.15) is 0 Å². The van der Waals surface area contributed by atoms with Gasteiger partial charge in [0.15, 0.2) is 0 Å². The lowest BCUT2D eigenvalue weighted by Crippen LogP contribution is -1.92. The van der Waals surface area contributed by atoms with E-state index in [1.165, 1.54) is 6.08 Å². The third-order valence-electron chi connectivity index (χ3n) is 2.47. The van der Waals surface area contributed by atoms with E-state index in [9.17, 15) is 4.79 Å². The van der Waals surface area contributed by atoms with Crippen LogP contribution in [0.2, 0.25) is 0 Å². The van der Waals surface area contributed by atoms with Crippen LogP contribution < -0.4 is 0 Å². The van der Waals surface area contributed by atoms with Crippen molar-refractivity contribution in [2.45, 2.75) is 6.92 Å². The summed E-state index contributed by atoms with van der Waals surface area (Å²) >= 11 is 3.40. The van der Waals surface area contributed by atoms with E-state index in [-0.39, 0.29) is 0 Å². The van der Waals surface area contributed by atoms with Crippen molar-refractivity contribution in [1.29, 1.82) is 0 Å². The lowest BCUT2D eigenvalue weighted by molar-refractivity contribution is -0.131. The van der Waals surface area contributed by atoms with Crippen LogP contribution >= 0.6 is 15.9 Å². The number of carboxylic acids is 1. The molecule has 17 heavy (non-hydrogen) atoms. The maximum atomic E-state index is 10.7. The van der Waals surface area contributed by atoms with Gasteiger partial charge in [-0.2, -0.15) is 0 Å². The summed E-state index contributed by atoms with van der Waals surface area (Å²) in [6.07, 6.45) is 2.89. The van der Waals surface area contributed by atoms with Crippen LogP contribution in [0.1, 0.15) is 12.5 Å². The minimum Gasteiger partial charge on any atom is -0.478 e. The van der Waals surface area contributed by atoms with Gasteiger partial charge in [-0.15, -0.1) is 0 Å². The van der Waals surface area contributed by atoms with Crippen LogP contribution in [-0.2, 0) is 4.79 Å². The van der Waals surface area contributed by atoms with E-state index in [0.717, 1.165) is 20.9 Å². The highest BCUT2D eigenvalue weighted by Gasteiger charge is 2.05. The first kappa shape index (κ1) is 11.8. The highest BCUT2D eigenvalue weighted by Crippen LogP contribution is 2.26. The number of aliphatic carboxylic acids is 1. The molecule has 0 amide bonds. The summed E-state index contributed by atoms with van der Waals surface area (Å²) in [5.74, 6) is -0.942. The first-order valence-electron chi connectivity index (χ1n) is 5.04. The molecule has 0 aliphatic heterocycles. The Labute approximate surface area is 107 Å². The van der Waals surface area contributed by atoms with Crippen molar-refractivity contribution in [2.24, 2.45) is 0 Å². The molecule has 1 N–H and O–H groups in total. The second-order valence-electron chi connectivity index (χ2n) is 3.69. The van der Waals surface area contributed by atoms with Crippen LogP contribution in [0.3, 0.4) is 0 Å². The summed E-state index contributed by atoms with van der Waals surface area (Å²) in [6.45, 7) is 1.78. The summed E-state index contributed by atoms with van der Waals surface area (Å²) in [5, 5.41) is 9.71. The maximum absolute atomic E-state index is 10.7. The number of pyridine rings is 1. The Morgan fingerprint density at radius 2 is 2.18 bits per heavy atom. The average Bonchev–Trinajstić information content (AvgIpc) is 2.27. The van der Waals surface area contributed by atoms with Crippen molar-refractivity contribution >= 4 is 38.4 Å². The number of hydrogen-bond acceptors (Lipinski definition) is 2. The second kappa shape index (κ2) is 4.67. The highest BCUT2D eigenvalue weighted by atomic mass is 79.9. The van der Waals surface area contributed by atoms with E-state index >= 15 is 0 Å². The Bertz CT molecular complexity index is 620. The smallest absolute Gasteiger partial charge is 0.328 e. The molecular formula is C13H10BrNO2. The molecule has 2 aromatic rings. The number of allylic oxidation sites excluding steroid dienone is 1. The number of benzene rings is 1. The van der Waals surface area contributed by atoms with Crippen LogP contribution in [0.15, 0.2) is 41.0 Å². The van der Waals surface area contributed by atoms with Crippen LogP contribution in [0.25, 0.3) is 16.5 Å². The van der Waals surface area contributed by atoms with Crippen molar-refractivity contribution < 1.29 is 9.90 Å². The number of halogens is 1. The van der Waals surface area contributed by atoms with Crippen molar-refractivity contribution in [3.63, 3.8) is 0 Å². The zero-order valence-corrected chi connectivity index (χ0v) is 10.7. The largest absolute Gasteiger partial charge is 0.478 e. The molecule has 0 radical (unpaired) electrons. The maximum Gasteiger partial charge on any atom is 0.328 e. The van der Waals surface area contributed by atoms with Gasteiger partial charge in [-0.3, -0.25) is 4.98 Å². The number of rotatable bonds is 2. The van der Waals surface area contributed by atoms with Gasteiger partial charge in [0.2, 0.25) is 0 Å². The van der Waals surface area contributed by atoms with Crippen LogP contribution in [0.5, 0.6) is 0 Å². The first-order valence-corrected chi connectivity index (χ1v) is 5.83. The van der Waals surface area contributed by atoms with Crippen LogP contribution in [0.4, 0.5) is 0 Å². The zero-order chi connectivity index (χ0) is 12.4. The molecule has 0 bridgehead atoms. The standard InChI is InChI=1S/C13H10BrNO2/c1-8(6-13(16)17)10-4-5-15-12-3-2-9(14)7-11(10)12/h2-7H,1H3,(H,16,17)/b8-6+. The third kappa shape index (κ3) is 2.53. The number of aromatic nitrogens is 1. The van der Waals surface area contributed by atoms with E-state index in [0.29, 0.717) is 5.57 Å². The quantitative estimate of drug-likeness (QED) is 0.862. The molecule has 0 aliphatic rings. The molecule has 0 fully saturated rings. The predicted molar refractivity (Wildman–Crippen MR) is 70.7 cm³/mol. The fourth-order valence-corrected chi connectivity index (χ4v) is 2.09. The minimum atomic E-state index is -0.942. The molecule has 86 valence electrons. The normalized spacial score (nSPS) is 11.8. The molecule has 0 spiro atoms. The Kier molecular flexibility index (Phi) is 3.24. The molecule has 0 unspecified atom stereocenters. The highest BCUT2D eigenvalue weighted by molar-refractivity contribution is 9.10. The van der Waals surface area contributed by atoms with Gasteiger partial charge in [0, 0.05) is 22.1 Å². The molecule has 2 rings (SSSR count). The van der Waals surface area contributed by atoms with E-state index in [2.05, 4.69) is 20.9 Å². The Hall–Kier alpha value is -1.68. The number of hydrogen-bond donors (Lipinski definition) is 1. The molecular weight excluding hydrogens is 282 g/mol.